The van der Waals surface area contributed by atoms with Gasteiger partial charge in [-0.05, 0) is 0 Å². The standard InChI is InChI=1S/C4H7BN2O/c1-2-3-6-4(5)8-7-3/h2,5H2,1H3. The average molecular weight is 110 g/mol. The van der Waals surface area contributed by atoms with Crippen LogP contribution in [0.25, 0.3) is 0 Å². The Bertz CT molecular complexity index is 174. The van der Waals surface area contributed by atoms with Gasteiger partial charge in [0, 0.05) is 6.42 Å². The molecule has 0 N–H and O–H groups in total. The Balaban J connectivity index is 2.84. The van der Waals surface area contributed by atoms with Gasteiger partial charge in [0.2, 0.25) is 7.85 Å². The predicted molar refractivity (Wildman–Crippen MR) is 31.9 cm³/mol. The number of nitrogens with zero attached hydrogens (tertiary/aromatic N) is 2. The molecule has 1 rings (SSSR count). The van der Waals surface area contributed by atoms with E-state index in [2.05, 4.69) is 10.1 Å². The summed E-state index contributed by atoms with van der Waals surface area (Å²) in [6.45, 7) is 1.99. The van der Waals surface area contributed by atoms with Crippen molar-refractivity contribution in [2.75, 3.05) is 0 Å². The third-order valence-corrected chi connectivity index (χ3v) is 0.886. The van der Waals surface area contributed by atoms with Crippen LogP contribution in [0.15, 0.2) is 4.52 Å². The molecule has 0 aliphatic heterocycles. The molecular formula is C4H7BN2O. The molecule has 0 atom stereocenters. The molecular weight excluding hydrogens is 103 g/mol. The minimum atomic E-state index is 0.641. The third kappa shape index (κ3) is 0.884. The first kappa shape index (κ1) is 5.34. The smallest absolute Gasteiger partial charge is 0.216 e. The first-order chi connectivity index (χ1) is 3.83. The number of hydrogen-bond acceptors (Lipinski definition) is 3. The SMILES string of the molecule is Bc1nc(CC)no1. The molecule has 0 saturated heterocycles. The fraction of sp³-hybridized carbons (Fsp3) is 0.500. The van der Waals surface area contributed by atoms with E-state index in [1.165, 1.54) is 0 Å². The van der Waals surface area contributed by atoms with Gasteiger partial charge in [0.05, 0.1) is 0 Å². The zero-order valence-electron chi connectivity index (χ0n) is 5.01. The fourth-order valence-electron chi connectivity index (χ4n) is 0.485. The third-order valence-electron chi connectivity index (χ3n) is 0.886. The summed E-state index contributed by atoms with van der Waals surface area (Å²) >= 11 is 0. The van der Waals surface area contributed by atoms with Crippen LogP contribution >= 0.6 is 0 Å². The van der Waals surface area contributed by atoms with E-state index >= 15 is 0 Å². The Hall–Kier alpha value is -0.795. The largest absolute Gasteiger partial charge is 0.352 e. The van der Waals surface area contributed by atoms with Crippen molar-refractivity contribution in [1.29, 1.82) is 0 Å². The van der Waals surface area contributed by atoms with E-state index in [-0.39, 0.29) is 0 Å². The van der Waals surface area contributed by atoms with Gasteiger partial charge in [-0.2, -0.15) is 0 Å². The van der Waals surface area contributed by atoms with E-state index in [0.717, 1.165) is 12.2 Å². The summed E-state index contributed by atoms with van der Waals surface area (Å²) in [6, 6.07) is 0. The lowest BCUT2D eigenvalue weighted by Crippen LogP contribution is -2.01. The van der Waals surface area contributed by atoms with Crippen LogP contribution in [0.5, 0.6) is 0 Å². The Labute approximate surface area is 48.5 Å². The number of rotatable bonds is 1. The van der Waals surface area contributed by atoms with Crippen molar-refractivity contribution in [2.45, 2.75) is 13.3 Å². The maximum Gasteiger partial charge on any atom is 0.216 e. The molecule has 0 amide bonds. The van der Waals surface area contributed by atoms with Crippen LogP contribution in [0.2, 0.25) is 0 Å². The minimum absolute atomic E-state index is 0.641. The van der Waals surface area contributed by atoms with Crippen molar-refractivity contribution >= 4 is 13.6 Å². The molecule has 1 aromatic rings. The summed E-state index contributed by atoms with van der Waals surface area (Å²) in [4.78, 5) is 3.95. The summed E-state index contributed by atoms with van der Waals surface area (Å²) in [5, 5.41) is 3.65. The zero-order valence-corrected chi connectivity index (χ0v) is 5.01. The molecule has 0 fully saturated rings. The molecule has 3 nitrogen and oxygen atoms in total. The maximum atomic E-state index is 4.69. The molecule has 0 unspecified atom stereocenters. The lowest BCUT2D eigenvalue weighted by molar-refractivity contribution is 0.437. The first-order valence-electron chi connectivity index (χ1n) is 2.62. The van der Waals surface area contributed by atoms with Crippen LogP contribution in [0.1, 0.15) is 12.7 Å². The Morgan fingerprint density at radius 3 is 2.75 bits per heavy atom. The van der Waals surface area contributed by atoms with Crippen LogP contribution in [0.3, 0.4) is 0 Å². The van der Waals surface area contributed by atoms with Gasteiger partial charge in [0.15, 0.2) is 11.6 Å². The molecule has 0 spiro atoms. The fourth-order valence-corrected chi connectivity index (χ4v) is 0.485. The normalized spacial score (nSPS) is 9.62. The number of aryl methyl sites for hydroxylation is 1. The second-order valence-corrected chi connectivity index (χ2v) is 1.58. The van der Waals surface area contributed by atoms with Crippen molar-refractivity contribution in [3.63, 3.8) is 0 Å². The molecule has 1 aromatic heterocycles. The summed E-state index contributed by atoms with van der Waals surface area (Å²) in [7, 11) is 1.78. The minimum Gasteiger partial charge on any atom is -0.352 e. The Morgan fingerprint density at radius 1 is 1.75 bits per heavy atom. The van der Waals surface area contributed by atoms with E-state index < -0.39 is 0 Å². The lowest BCUT2D eigenvalue weighted by Gasteiger charge is -1.74. The van der Waals surface area contributed by atoms with Crippen molar-refractivity contribution < 1.29 is 4.52 Å². The number of aromatic nitrogens is 2. The highest BCUT2D eigenvalue weighted by molar-refractivity contribution is 6.28. The molecule has 8 heavy (non-hydrogen) atoms. The van der Waals surface area contributed by atoms with Crippen LogP contribution in [0.4, 0.5) is 0 Å². The molecule has 0 saturated carbocycles. The van der Waals surface area contributed by atoms with Crippen LogP contribution in [-0.4, -0.2) is 18.0 Å². The van der Waals surface area contributed by atoms with Gasteiger partial charge in [-0.15, -0.1) is 0 Å². The molecule has 0 radical (unpaired) electrons. The molecule has 42 valence electrons. The van der Waals surface area contributed by atoms with Gasteiger partial charge in [0.25, 0.3) is 0 Å². The highest BCUT2D eigenvalue weighted by Crippen LogP contribution is 1.83. The topological polar surface area (TPSA) is 38.9 Å². The molecule has 0 aromatic carbocycles. The summed E-state index contributed by atoms with van der Waals surface area (Å²) in [5.41, 5.74) is 0. The van der Waals surface area contributed by atoms with Crippen LogP contribution < -0.4 is 5.79 Å². The second-order valence-electron chi connectivity index (χ2n) is 1.58. The summed E-state index contributed by atoms with van der Waals surface area (Å²) < 4.78 is 4.69. The lowest BCUT2D eigenvalue weighted by atomic mass is 10.2. The molecule has 0 aliphatic rings. The van der Waals surface area contributed by atoms with Gasteiger partial charge in [-0.1, -0.05) is 12.1 Å². The monoisotopic (exact) mass is 110 g/mol. The van der Waals surface area contributed by atoms with Gasteiger partial charge < -0.3 is 4.52 Å². The maximum absolute atomic E-state index is 4.69. The predicted octanol–water partition coefficient (Wildman–Crippen LogP) is -1.11. The van der Waals surface area contributed by atoms with E-state index in [1.807, 2.05) is 6.92 Å². The Kier molecular flexibility index (Phi) is 1.33. The molecule has 0 bridgehead atoms. The Morgan fingerprint density at radius 2 is 2.50 bits per heavy atom. The van der Waals surface area contributed by atoms with Crippen molar-refractivity contribution in [3.8, 4) is 0 Å². The van der Waals surface area contributed by atoms with E-state index in [0.29, 0.717) is 5.79 Å². The molecule has 1 heterocycles. The van der Waals surface area contributed by atoms with Gasteiger partial charge in [-0.3, -0.25) is 0 Å². The molecule has 0 aliphatic carbocycles. The van der Waals surface area contributed by atoms with Gasteiger partial charge in [-0.25, -0.2) is 4.98 Å². The highest BCUT2D eigenvalue weighted by atomic mass is 16.5. The summed E-state index contributed by atoms with van der Waals surface area (Å²) in [6.07, 6.45) is 0.845. The highest BCUT2D eigenvalue weighted by Gasteiger charge is 1.94. The van der Waals surface area contributed by atoms with Gasteiger partial charge in [0.1, 0.15) is 0 Å². The van der Waals surface area contributed by atoms with Gasteiger partial charge >= 0.3 is 0 Å². The quantitative estimate of drug-likeness (QED) is 0.430. The second kappa shape index (κ2) is 1.98. The van der Waals surface area contributed by atoms with Crippen molar-refractivity contribution in [1.82, 2.24) is 10.1 Å². The van der Waals surface area contributed by atoms with Crippen molar-refractivity contribution in [3.05, 3.63) is 5.82 Å². The van der Waals surface area contributed by atoms with Crippen LogP contribution in [-0.2, 0) is 6.42 Å². The molecule has 4 heteroatoms. The zero-order chi connectivity index (χ0) is 5.98. The number of hydrogen-bond donors (Lipinski definition) is 0. The summed E-state index contributed by atoms with van der Waals surface area (Å²) in [5.74, 6) is 1.42. The van der Waals surface area contributed by atoms with E-state index in [4.69, 9.17) is 4.52 Å². The van der Waals surface area contributed by atoms with E-state index in [1.54, 1.807) is 7.85 Å². The van der Waals surface area contributed by atoms with Crippen LogP contribution in [0, 0.1) is 0 Å². The first-order valence-corrected chi connectivity index (χ1v) is 2.62. The van der Waals surface area contributed by atoms with E-state index in [9.17, 15) is 0 Å². The average Bonchev–Trinajstić information content (AvgIpc) is 2.14. The van der Waals surface area contributed by atoms with Crippen molar-refractivity contribution in [2.24, 2.45) is 0 Å².